The first-order valence-corrected chi connectivity index (χ1v) is 10.4. The summed E-state index contributed by atoms with van der Waals surface area (Å²) in [6.45, 7) is 2.15. The number of hydrogen-bond donors (Lipinski definition) is 2. The van der Waals surface area contributed by atoms with E-state index >= 15 is 0 Å². The maximum Gasteiger partial charge on any atom is 0.573 e. The fourth-order valence-electron chi connectivity index (χ4n) is 3.30. The molecule has 1 unspecified atom stereocenters. The van der Waals surface area contributed by atoms with Crippen LogP contribution in [0.25, 0.3) is 0 Å². The topological polar surface area (TPSA) is 50.4 Å². The molecule has 0 bridgehead atoms. The molecule has 2 amide bonds. The van der Waals surface area contributed by atoms with Gasteiger partial charge in [0.2, 0.25) is 0 Å². The Bertz CT molecular complexity index is 988. The minimum Gasteiger partial charge on any atom is -0.406 e. The lowest BCUT2D eigenvalue weighted by atomic mass is 9.97. The van der Waals surface area contributed by atoms with Gasteiger partial charge >= 0.3 is 12.4 Å². The molecule has 0 aliphatic rings. The number of ether oxygens (including phenoxy) is 1. The Morgan fingerprint density at radius 1 is 0.906 bits per heavy atom. The summed E-state index contributed by atoms with van der Waals surface area (Å²) in [7, 11) is 0. The first-order chi connectivity index (χ1) is 15.3. The summed E-state index contributed by atoms with van der Waals surface area (Å²) >= 11 is 0. The van der Waals surface area contributed by atoms with Crippen LogP contribution in [0.3, 0.4) is 0 Å². The van der Waals surface area contributed by atoms with Gasteiger partial charge in [-0.1, -0.05) is 67.9 Å². The van der Waals surface area contributed by atoms with Crippen molar-refractivity contribution in [2.75, 3.05) is 5.32 Å². The van der Waals surface area contributed by atoms with Gasteiger partial charge in [0.05, 0.1) is 6.04 Å². The molecule has 0 fully saturated rings. The zero-order chi connectivity index (χ0) is 23.0. The number of rotatable bonds is 8. The Hall–Kier alpha value is -3.48. The molecule has 0 radical (unpaired) electrons. The molecule has 4 nitrogen and oxygen atoms in total. The number of benzene rings is 3. The third kappa shape index (κ3) is 7.04. The highest BCUT2D eigenvalue weighted by Gasteiger charge is 2.31. The molecular formula is C25H25F3N2O2. The highest BCUT2D eigenvalue weighted by molar-refractivity contribution is 5.89. The Morgan fingerprint density at radius 2 is 1.53 bits per heavy atom. The zero-order valence-corrected chi connectivity index (χ0v) is 17.7. The van der Waals surface area contributed by atoms with E-state index in [0.717, 1.165) is 42.5 Å². The number of unbranched alkanes of at least 4 members (excludes halogenated alkanes) is 1. The standard InChI is InChI=1S/C25H25F3N2O2/c1-2-3-7-18-10-12-20(13-11-18)23(19-8-5-4-6-9-19)30-24(31)29-21-14-16-22(17-15-21)32-25(26,27)28/h4-6,8-17,23H,2-3,7H2,1H3,(H2,29,30,31). The minimum absolute atomic E-state index is 0.346. The smallest absolute Gasteiger partial charge is 0.406 e. The molecule has 2 N–H and O–H groups in total. The maximum absolute atomic E-state index is 12.7. The number of carbonyl (C=O) groups excluding carboxylic acids is 1. The highest BCUT2D eigenvalue weighted by Crippen LogP contribution is 2.25. The lowest BCUT2D eigenvalue weighted by molar-refractivity contribution is -0.274. The van der Waals surface area contributed by atoms with Crippen molar-refractivity contribution in [3.63, 3.8) is 0 Å². The van der Waals surface area contributed by atoms with Gasteiger partial charge in [-0.25, -0.2) is 4.79 Å². The lowest BCUT2D eigenvalue weighted by Crippen LogP contribution is -2.33. The second-order valence-electron chi connectivity index (χ2n) is 7.36. The van der Waals surface area contributed by atoms with E-state index in [0.29, 0.717) is 5.69 Å². The number of anilines is 1. The number of carbonyl (C=O) groups is 1. The molecule has 168 valence electrons. The Morgan fingerprint density at radius 3 is 2.12 bits per heavy atom. The molecular weight excluding hydrogens is 417 g/mol. The van der Waals surface area contributed by atoms with Crippen molar-refractivity contribution in [3.05, 3.63) is 95.6 Å². The van der Waals surface area contributed by atoms with Crippen molar-refractivity contribution in [2.24, 2.45) is 0 Å². The number of nitrogens with one attached hydrogen (secondary N) is 2. The number of amides is 2. The third-order valence-electron chi connectivity index (χ3n) is 4.89. The number of alkyl halides is 3. The lowest BCUT2D eigenvalue weighted by Gasteiger charge is -2.21. The van der Waals surface area contributed by atoms with E-state index in [-0.39, 0.29) is 11.8 Å². The molecule has 7 heteroatoms. The number of halogens is 3. The summed E-state index contributed by atoms with van der Waals surface area (Å²) in [4.78, 5) is 12.7. The average molecular weight is 442 g/mol. The van der Waals surface area contributed by atoms with Gasteiger partial charge in [0, 0.05) is 5.69 Å². The van der Waals surface area contributed by atoms with E-state index in [2.05, 4.69) is 34.4 Å². The molecule has 0 heterocycles. The largest absolute Gasteiger partial charge is 0.573 e. The van der Waals surface area contributed by atoms with Gasteiger partial charge in [0.25, 0.3) is 0 Å². The van der Waals surface area contributed by atoms with E-state index in [4.69, 9.17) is 0 Å². The van der Waals surface area contributed by atoms with Gasteiger partial charge in [-0.15, -0.1) is 13.2 Å². The molecule has 0 aliphatic heterocycles. The van der Waals surface area contributed by atoms with Crippen LogP contribution in [0.1, 0.15) is 42.5 Å². The van der Waals surface area contributed by atoms with E-state index < -0.39 is 12.4 Å². The molecule has 32 heavy (non-hydrogen) atoms. The summed E-state index contributed by atoms with van der Waals surface area (Å²) in [5, 5.41) is 5.61. The van der Waals surface area contributed by atoms with Gasteiger partial charge in [-0.3, -0.25) is 0 Å². The molecule has 1 atom stereocenters. The molecule has 0 saturated heterocycles. The summed E-state index contributed by atoms with van der Waals surface area (Å²) in [5.41, 5.74) is 3.44. The first-order valence-electron chi connectivity index (χ1n) is 10.4. The molecule has 0 saturated carbocycles. The molecule has 0 aromatic heterocycles. The fraction of sp³-hybridized carbons (Fsp3) is 0.240. The summed E-state index contributed by atoms with van der Waals surface area (Å²) in [5.74, 6) is -0.353. The van der Waals surface area contributed by atoms with Crippen LogP contribution in [0, 0.1) is 0 Å². The van der Waals surface area contributed by atoms with Gasteiger partial charge < -0.3 is 15.4 Å². The third-order valence-corrected chi connectivity index (χ3v) is 4.89. The molecule has 3 aromatic rings. The molecule has 3 aromatic carbocycles. The van der Waals surface area contributed by atoms with Crippen molar-refractivity contribution < 1.29 is 22.7 Å². The Labute approximate surface area is 185 Å². The minimum atomic E-state index is -4.76. The number of urea groups is 1. The van der Waals surface area contributed by atoms with Gasteiger partial charge in [0.15, 0.2) is 0 Å². The van der Waals surface area contributed by atoms with Crippen molar-refractivity contribution in [3.8, 4) is 5.75 Å². The normalized spacial score (nSPS) is 12.1. The molecule has 0 spiro atoms. The van der Waals surface area contributed by atoms with E-state index in [1.807, 2.05) is 42.5 Å². The summed E-state index contributed by atoms with van der Waals surface area (Å²) in [6.07, 6.45) is -1.51. The van der Waals surface area contributed by atoms with Gasteiger partial charge in [-0.2, -0.15) is 0 Å². The van der Waals surface area contributed by atoms with Crippen LogP contribution in [-0.2, 0) is 6.42 Å². The van der Waals surface area contributed by atoms with E-state index in [1.165, 1.54) is 17.7 Å². The van der Waals surface area contributed by atoms with Gasteiger partial charge in [0.1, 0.15) is 5.75 Å². The van der Waals surface area contributed by atoms with Crippen molar-refractivity contribution in [2.45, 2.75) is 38.6 Å². The van der Waals surface area contributed by atoms with Crippen LogP contribution in [0.4, 0.5) is 23.7 Å². The summed E-state index contributed by atoms with van der Waals surface area (Å²) in [6, 6.07) is 21.8. The van der Waals surface area contributed by atoms with Crippen molar-refractivity contribution in [1.29, 1.82) is 0 Å². The van der Waals surface area contributed by atoms with E-state index in [9.17, 15) is 18.0 Å². The van der Waals surface area contributed by atoms with Crippen LogP contribution >= 0.6 is 0 Å². The fourth-order valence-corrected chi connectivity index (χ4v) is 3.30. The van der Waals surface area contributed by atoms with Crippen LogP contribution in [0.5, 0.6) is 5.75 Å². The van der Waals surface area contributed by atoms with Crippen LogP contribution in [0.15, 0.2) is 78.9 Å². The Kier molecular flexibility index (Phi) is 7.76. The molecule has 3 rings (SSSR count). The maximum atomic E-state index is 12.7. The highest BCUT2D eigenvalue weighted by atomic mass is 19.4. The second-order valence-corrected chi connectivity index (χ2v) is 7.36. The average Bonchev–Trinajstić information content (AvgIpc) is 2.77. The van der Waals surface area contributed by atoms with E-state index in [1.54, 1.807) is 0 Å². The SMILES string of the molecule is CCCCc1ccc(C(NC(=O)Nc2ccc(OC(F)(F)F)cc2)c2ccccc2)cc1. The monoisotopic (exact) mass is 442 g/mol. The second kappa shape index (κ2) is 10.7. The number of aryl methyl sites for hydroxylation is 1. The quantitative estimate of drug-likeness (QED) is 0.401. The van der Waals surface area contributed by atoms with Crippen molar-refractivity contribution in [1.82, 2.24) is 5.32 Å². The first kappa shape index (κ1) is 23.2. The molecule has 0 aliphatic carbocycles. The zero-order valence-electron chi connectivity index (χ0n) is 17.7. The van der Waals surface area contributed by atoms with Crippen LogP contribution in [0.2, 0.25) is 0 Å². The van der Waals surface area contributed by atoms with Crippen LogP contribution in [-0.4, -0.2) is 12.4 Å². The van der Waals surface area contributed by atoms with Crippen LogP contribution < -0.4 is 15.4 Å². The van der Waals surface area contributed by atoms with Crippen molar-refractivity contribution >= 4 is 11.7 Å². The Balaban J connectivity index is 1.71. The summed E-state index contributed by atoms with van der Waals surface area (Å²) < 4.78 is 40.8. The predicted molar refractivity (Wildman–Crippen MR) is 119 cm³/mol. The predicted octanol–water partition coefficient (Wildman–Crippen LogP) is 6.84. The van der Waals surface area contributed by atoms with Gasteiger partial charge in [-0.05, 0) is 53.8 Å². The number of hydrogen-bond acceptors (Lipinski definition) is 2.